The van der Waals surface area contributed by atoms with Gasteiger partial charge in [0, 0.05) is 65.9 Å². The van der Waals surface area contributed by atoms with E-state index in [1.165, 1.54) is 28.2 Å². The number of hydrogen-bond acceptors (Lipinski definition) is 4. The molecular weight excluding hydrogens is 497 g/mol. The van der Waals surface area contributed by atoms with E-state index in [-0.39, 0.29) is 11.9 Å². The minimum Gasteiger partial charge on any atom is -0.333 e. The number of carbonyl (C=O) groups is 1. The van der Waals surface area contributed by atoms with E-state index in [1.807, 2.05) is 16.7 Å². The lowest BCUT2D eigenvalue weighted by Gasteiger charge is -2.41. The largest absolute Gasteiger partial charge is 0.333 e. The van der Waals surface area contributed by atoms with Crippen LogP contribution in [0.3, 0.4) is 0 Å². The first-order valence-corrected chi connectivity index (χ1v) is 14.1. The Kier molecular flexibility index (Phi) is 9.44. The van der Waals surface area contributed by atoms with Gasteiger partial charge in [0.1, 0.15) is 0 Å². The molecule has 186 valence electrons. The molecule has 0 radical (unpaired) electrons. The Bertz CT molecular complexity index is 1090. The van der Waals surface area contributed by atoms with Crippen molar-refractivity contribution in [2.24, 2.45) is 0 Å². The van der Waals surface area contributed by atoms with Crippen LogP contribution in [0.25, 0.3) is 0 Å². The highest BCUT2D eigenvalue weighted by atomic mass is 35.5. The monoisotopic (exact) mass is 529 g/mol. The number of hydrogen-bond donors (Lipinski definition) is 0. The van der Waals surface area contributed by atoms with E-state index >= 15 is 0 Å². The molecule has 1 atom stereocenters. The quantitative estimate of drug-likeness (QED) is 0.507. The second-order valence-electron chi connectivity index (χ2n) is 9.41. The normalized spacial score (nSPS) is 19.3. The maximum Gasteiger partial charge on any atom is 0.254 e. The van der Waals surface area contributed by atoms with Gasteiger partial charge in [-0.1, -0.05) is 53.2 Å². The molecule has 35 heavy (non-hydrogen) atoms. The van der Waals surface area contributed by atoms with Crippen LogP contribution >= 0.6 is 35.0 Å². The van der Waals surface area contributed by atoms with E-state index in [9.17, 15) is 4.79 Å². The predicted molar refractivity (Wildman–Crippen MR) is 149 cm³/mol. The summed E-state index contributed by atoms with van der Waals surface area (Å²) in [6.07, 6.45) is 0.802. The summed E-state index contributed by atoms with van der Waals surface area (Å²) in [7, 11) is 0. The first-order valence-electron chi connectivity index (χ1n) is 12.2. The maximum absolute atomic E-state index is 13.5. The van der Waals surface area contributed by atoms with Crippen LogP contribution in [0, 0.1) is 25.7 Å². The SMILES string of the molecule is Cc1ccc(C[C@@H]2CN(CC#CCN3CCSCC3)CCN2C(=O)c2cc(Cl)cc(Cl)c2)cc1C. The standard InChI is InChI=1S/C28H33Cl2N3OS/c1-21-5-6-23(15-22(21)2)16-27-20-32(8-4-3-7-31-11-13-35-14-12-31)9-10-33(27)28(34)24-17-25(29)19-26(30)18-24/h5-6,15,17-19,27H,7-14,16,20H2,1-2H3/t27-/m1/s1. The molecule has 2 aliphatic rings. The molecular formula is C28H33Cl2N3OS. The summed E-state index contributed by atoms with van der Waals surface area (Å²) < 4.78 is 0. The number of halogens is 2. The average Bonchev–Trinajstić information content (AvgIpc) is 2.84. The van der Waals surface area contributed by atoms with E-state index in [0.717, 1.165) is 45.7 Å². The summed E-state index contributed by atoms with van der Waals surface area (Å²) in [5.74, 6) is 9.14. The third-order valence-electron chi connectivity index (χ3n) is 6.81. The zero-order valence-electron chi connectivity index (χ0n) is 20.5. The van der Waals surface area contributed by atoms with Crippen LogP contribution in [0.1, 0.15) is 27.0 Å². The Balaban J connectivity index is 1.47. The molecule has 2 aliphatic heterocycles. The Morgan fingerprint density at radius 1 is 0.914 bits per heavy atom. The average molecular weight is 531 g/mol. The van der Waals surface area contributed by atoms with Gasteiger partial charge < -0.3 is 4.90 Å². The zero-order valence-corrected chi connectivity index (χ0v) is 22.9. The number of nitrogens with zero attached hydrogens (tertiary/aromatic N) is 3. The fourth-order valence-corrected chi connectivity index (χ4v) is 6.15. The Hall–Kier alpha value is -1.68. The molecule has 2 fully saturated rings. The van der Waals surface area contributed by atoms with E-state index in [4.69, 9.17) is 23.2 Å². The molecule has 0 bridgehead atoms. The van der Waals surface area contributed by atoms with Crippen LogP contribution in [0.2, 0.25) is 10.0 Å². The number of piperazine rings is 1. The zero-order chi connectivity index (χ0) is 24.8. The van der Waals surface area contributed by atoms with E-state index in [1.54, 1.807) is 18.2 Å². The molecule has 0 spiro atoms. The van der Waals surface area contributed by atoms with Crippen LogP contribution < -0.4 is 0 Å². The fraction of sp³-hybridized carbons (Fsp3) is 0.464. The van der Waals surface area contributed by atoms with Gasteiger partial charge in [0.05, 0.1) is 13.1 Å². The van der Waals surface area contributed by atoms with Gasteiger partial charge in [-0.25, -0.2) is 0 Å². The molecule has 7 heteroatoms. The number of benzene rings is 2. The van der Waals surface area contributed by atoms with Crippen molar-refractivity contribution in [2.75, 3.05) is 57.3 Å². The number of carbonyl (C=O) groups excluding carboxylic acids is 1. The summed E-state index contributed by atoms with van der Waals surface area (Å²) in [5.41, 5.74) is 4.34. The third kappa shape index (κ3) is 7.41. The van der Waals surface area contributed by atoms with Crippen molar-refractivity contribution in [3.8, 4) is 11.8 Å². The van der Waals surface area contributed by atoms with Gasteiger partial charge in [-0.05, 0) is 55.2 Å². The smallest absolute Gasteiger partial charge is 0.254 e. The summed E-state index contributed by atoms with van der Waals surface area (Å²) in [5, 5.41) is 0.959. The van der Waals surface area contributed by atoms with Crippen molar-refractivity contribution in [3.05, 3.63) is 68.7 Å². The van der Waals surface area contributed by atoms with E-state index in [2.05, 4.69) is 53.7 Å². The molecule has 4 nitrogen and oxygen atoms in total. The first kappa shape index (κ1) is 26.4. The lowest BCUT2D eigenvalue weighted by molar-refractivity contribution is 0.0480. The van der Waals surface area contributed by atoms with Crippen molar-refractivity contribution in [1.82, 2.24) is 14.7 Å². The van der Waals surface area contributed by atoms with Crippen LogP contribution in [0.15, 0.2) is 36.4 Å². The van der Waals surface area contributed by atoms with Gasteiger partial charge in [-0.2, -0.15) is 11.8 Å². The number of rotatable bonds is 5. The minimum absolute atomic E-state index is 0.0167. The summed E-state index contributed by atoms with van der Waals surface area (Å²) in [4.78, 5) is 20.3. The summed E-state index contributed by atoms with van der Waals surface area (Å²) in [6.45, 7) is 10.4. The maximum atomic E-state index is 13.5. The van der Waals surface area contributed by atoms with Crippen LogP contribution in [0.5, 0.6) is 0 Å². The third-order valence-corrected chi connectivity index (χ3v) is 8.19. The van der Waals surface area contributed by atoms with Gasteiger partial charge >= 0.3 is 0 Å². The van der Waals surface area contributed by atoms with Crippen molar-refractivity contribution in [2.45, 2.75) is 26.3 Å². The summed E-state index contributed by atoms with van der Waals surface area (Å²) in [6, 6.07) is 11.7. The lowest BCUT2D eigenvalue weighted by atomic mass is 9.98. The topological polar surface area (TPSA) is 26.8 Å². The molecule has 2 aromatic carbocycles. The van der Waals surface area contributed by atoms with Gasteiger partial charge in [-0.3, -0.25) is 14.6 Å². The molecule has 2 aromatic rings. The van der Waals surface area contributed by atoms with Gasteiger partial charge in [-0.15, -0.1) is 0 Å². The fourth-order valence-electron chi connectivity index (χ4n) is 4.65. The van der Waals surface area contributed by atoms with Crippen molar-refractivity contribution >= 4 is 40.9 Å². The van der Waals surface area contributed by atoms with Crippen molar-refractivity contribution in [3.63, 3.8) is 0 Å². The van der Waals surface area contributed by atoms with Gasteiger partial charge in [0.2, 0.25) is 0 Å². The lowest BCUT2D eigenvalue weighted by Crippen LogP contribution is -2.56. The highest BCUT2D eigenvalue weighted by molar-refractivity contribution is 7.99. The van der Waals surface area contributed by atoms with Crippen LogP contribution in [-0.2, 0) is 6.42 Å². The second kappa shape index (κ2) is 12.5. The molecule has 2 saturated heterocycles. The molecule has 0 N–H and O–H groups in total. The van der Waals surface area contributed by atoms with Crippen LogP contribution in [-0.4, -0.2) is 84.0 Å². The number of aryl methyl sites for hydroxylation is 2. The Morgan fingerprint density at radius 3 is 2.29 bits per heavy atom. The van der Waals surface area contributed by atoms with Gasteiger partial charge in [0.25, 0.3) is 5.91 Å². The molecule has 0 aromatic heterocycles. The van der Waals surface area contributed by atoms with Crippen molar-refractivity contribution < 1.29 is 4.79 Å². The molecule has 1 amide bonds. The van der Waals surface area contributed by atoms with E-state index in [0.29, 0.717) is 22.2 Å². The molecule has 0 aliphatic carbocycles. The highest BCUT2D eigenvalue weighted by Gasteiger charge is 2.31. The number of thioether (sulfide) groups is 1. The number of amides is 1. The molecule has 2 heterocycles. The molecule has 0 saturated carbocycles. The Morgan fingerprint density at radius 2 is 1.60 bits per heavy atom. The first-order chi connectivity index (χ1) is 16.9. The highest BCUT2D eigenvalue weighted by Crippen LogP contribution is 2.24. The molecule has 0 unspecified atom stereocenters. The van der Waals surface area contributed by atoms with Gasteiger partial charge in [0.15, 0.2) is 0 Å². The minimum atomic E-state index is -0.0167. The summed E-state index contributed by atoms with van der Waals surface area (Å²) >= 11 is 14.4. The van der Waals surface area contributed by atoms with Crippen molar-refractivity contribution in [1.29, 1.82) is 0 Å². The van der Waals surface area contributed by atoms with Crippen LogP contribution in [0.4, 0.5) is 0 Å². The second-order valence-corrected chi connectivity index (χ2v) is 11.5. The Labute approximate surface area is 223 Å². The predicted octanol–water partition coefficient (Wildman–Crippen LogP) is 5.03. The molecule has 4 rings (SSSR count). The van der Waals surface area contributed by atoms with E-state index < -0.39 is 0 Å².